The Morgan fingerprint density at radius 1 is 1.24 bits per heavy atom. The molecule has 0 unspecified atom stereocenters. The van der Waals surface area contributed by atoms with Crippen LogP contribution in [-0.4, -0.2) is 17.4 Å². The Labute approximate surface area is 126 Å². The largest absolute Gasteiger partial charge is 0.352 e. The highest BCUT2D eigenvalue weighted by Gasteiger charge is 2.08. The highest BCUT2D eigenvalue weighted by atomic mass is 16.1. The highest BCUT2D eigenvalue weighted by molar-refractivity contribution is 5.95. The van der Waals surface area contributed by atoms with Crippen LogP contribution in [0.5, 0.6) is 0 Å². The van der Waals surface area contributed by atoms with Gasteiger partial charge in [0.05, 0.1) is 5.56 Å². The van der Waals surface area contributed by atoms with E-state index in [1.165, 1.54) is 5.56 Å². The first-order chi connectivity index (χ1) is 10.1. The Hall–Kier alpha value is -2.16. The van der Waals surface area contributed by atoms with Gasteiger partial charge in [-0.2, -0.15) is 0 Å². The average molecular weight is 282 g/mol. The van der Waals surface area contributed by atoms with Crippen molar-refractivity contribution < 1.29 is 4.79 Å². The number of aromatic nitrogens is 1. The molecular weight excluding hydrogens is 260 g/mol. The summed E-state index contributed by atoms with van der Waals surface area (Å²) >= 11 is 0. The van der Waals surface area contributed by atoms with Crippen molar-refractivity contribution >= 4 is 5.91 Å². The number of amides is 1. The molecule has 3 heteroatoms. The number of hydrogen-bond acceptors (Lipinski definition) is 2. The molecule has 0 aliphatic carbocycles. The van der Waals surface area contributed by atoms with E-state index < -0.39 is 0 Å². The minimum atomic E-state index is -0.0569. The summed E-state index contributed by atoms with van der Waals surface area (Å²) in [5.41, 5.74) is 3.88. The summed E-state index contributed by atoms with van der Waals surface area (Å²) in [6, 6.07) is 10.0. The molecule has 1 N–H and O–H groups in total. The smallest absolute Gasteiger partial charge is 0.252 e. The zero-order valence-electron chi connectivity index (χ0n) is 12.9. The van der Waals surface area contributed by atoms with Gasteiger partial charge in [-0.05, 0) is 36.5 Å². The van der Waals surface area contributed by atoms with Gasteiger partial charge in [0, 0.05) is 24.5 Å². The second-order valence-electron chi connectivity index (χ2n) is 5.72. The van der Waals surface area contributed by atoms with Crippen molar-refractivity contribution in [2.45, 2.75) is 27.2 Å². The number of hydrogen-bond donors (Lipinski definition) is 1. The summed E-state index contributed by atoms with van der Waals surface area (Å²) in [5, 5.41) is 2.94. The average Bonchev–Trinajstić information content (AvgIpc) is 2.47. The molecule has 0 saturated carbocycles. The molecule has 21 heavy (non-hydrogen) atoms. The molecule has 1 heterocycles. The lowest BCUT2D eigenvalue weighted by Gasteiger charge is -2.09. The number of pyridine rings is 1. The summed E-state index contributed by atoms with van der Waals surface area (Å²) in [6.45, 7) is 7.05. The zero-order chi connectivity index (χ0) is 15.2. The predicted octanol–water partition coefficient (Wildman–Crippen LogP) is 3.83. The summed E-state index contributed by atoms with van der Waals surface area (Å²) in [7, 11) is 0. The van der Waals surface area contributed by atoms with E-state index in [4.69, 9.17) is 0 Å². The zero-order valence-corrected chi connectivity index (χ0v) is 12.9. The highest BCUT2D eigenvalue weighted by Crippen LogP contribution is 2.22. The maximum absolute atomic E-state index is 12.1. The molecule has 0 fully saturated rings. The third kappa shape index (κ3) is 4.15. The molecule has 0 radical (unpaired) electrons. The first kappa shape index (κ1) is 15.2. The van der Waals surface area contributed by atoms with Gasteiger partial charge in [-0.3, -0.25) is 9.78 Å². The fraction of sp³-hybridized carbons (Fsp3) is 0.333. The molecule has 110 valence electrons. The lowest BCUT2D eigenvalue weighted by Crippen LogP contribution is -2.25. The van der Waals surface area contributed by atoms with Crippen molar-refractivity contribution in [2.75, 3.05) is 6.54 Å². The second kappa shape index (κ2) is 7.02. The Bertz CT molecular complexity index is 620. The molecule has 0 aliphatic rings. The van der Waals surface area contributed by atoms with E-state index in [9.17, 15) is 4.79 Å². The number of rotatable bonds is 5. The first-order valence-corrected chi connectivity index (χ1v) is 7.37. The van der Waals surface area contributed by atoms with Gasteiger partial charge >= 0.3 is 0 Å². The van der Waals surface area contributed by atoms with E-state index in [2.05, 4.69) is 37.1 Å². The molecule has 2 aromatic rings. The number of carbonyl (C=O) groups excluding carboxylic acids is 1. The first-order valence-electron chi connectivity index (χ1n) is 7.37. The molecule has 1 amide bonds. The Balaban J connectivity index is 2.14. The van der Waals surface area contributed by atoms with Crippen molar-refractivity contribution in [3.8, 4) is 11.1 Å². The molecular formula is C18H22N2O. The molecule has 2 rings (SSSR count). The maximum Gasteiger partial charge on any atom is 0.252 e. The van der Waals surface area contributed by atoms with Crippen LogP contribution in [-0.2, 0) is 0 Å². The predicted molar refractivity (Wildman–Crippen MR) is 86.2 cm³/mol. The fourth-order valence-electron chi connectivity index (χ4n) is 2.18. The molecule has 3 nitrogen and oxygen atoms in total. The van der Waals surface area contributed by atoms with Crippen molar-refractivity contribution in [2.24, 2.45) is 5.92 Å². The molecule has 0 spiro atoms. The van der Waals surface area contributed by atoms with Gasteiger partial charge in [-0.25, -0.2) is 0 Å². The van der Waals surface area contributed by atoms with Gasteiger partial charge in [-0.1, -0.05) is 38.1 Å². The SMILES string of the molecule is Cc1ccccc1-c1cncc(C(=O)NCCC(C)C)c1. The summed E-state index contributed by atoms with van der Waals surface area (Å²) < 4.78 is 0. The molecule has 1 aromatic carbocycles. The van der Waals surface area contributed by atoms with E-state index in [1.54, 1.807) is 12.4 Å². The standard InChI is InChI=1S/C18H22N2O/c1-13(2)8-9-20-18(21)16-10-15(11-19-12-16)17-7-5-4-6-14(17)3/h4-7,10-13H,8-9H2,1-3H3,(H,20,21). The van der Waals surface area contributed by atoms with Gasteiger partial charge < -0.3 is 5.32 Å². The minimum absolute atomic E-state index is 0.0569. The van der Waals surface area contributed by atoms with E-state index in [0.717, 1.165) is 17.5 Å². The second-order valence-corrected chi connectivity index (χ2v) is 5.72. The van der Waals surface area contributed by atoms with Gasteiger partial charge in [-0.15, -0.1) is 0 Å². The number of aryl methyl sites for hydroxylation is 1. The van der Waals surface area contributed by atoms with Gasteiger partial charge in [0.25, 0.3) is 5.91 Å². The van der Waals surface area contributed by atoms with Crippen LogP contribution < -0.4 is 5.32 Å². The van der Waals surface area contributed by atoms with E-state index in [0.29, 0.717) is 18.0 Å². The molecule has 1 aromatic heterocycles. The van der Waals surface area contributed by atoms with Crippen LogP contribution in [0.3, 0.4) is 0 Å². The van der Waals surface area contributed by atoms with Crippen LogP contribution in [0.4, 0.5) is 0 Å². The quantitative estimate of drug-likeness (QED) is 0.905. The van der Waals surface area contributed by atoms with Crippen LogP contribution in [0, 0.1) is 12.8 Å². The van der Waals surface area contributed by atoms with Crippen molar-refractivity contribution in [3.63, 3.8) is 0 Å². The van der Waals surface area contributed by atoms with E-state index >= 15 is 0 Å². The molecule has 0 aliphatic heterocycles. The maximum atomic E-state index is 12.1. The monoisotopic (exact) mass is 282 g/mol. The van der Waals surface area contributed by atoms with Crippen molar-refractivity contribution in [3.05, 3.63) is 53.9 Å². The van der Waals surface area contributed by atoms with Crippen molar-refractivity contribution in [1.82, 2.24) is 10.3 Å². The van der Waals surface area contributed by atoms with Crippen LogP contribution in [0.1, 0.15) is 36.2 Å². The van der Waals surface area contributed by atoms with Crippen molar-refractivity contribution in [1.29, 1.82) is 0 Å². The Morgan fingerprint density at radius 3 is 2.71 bits per heavy atom. The Kier molecular flexibility index (Phi) is 5.09. The van der Waals surface area contributed by atoms with Crippen LogP contribution in [0.25, 0.3) is 11.1 Å². The summed E-state index contributed by atoms with van der Waals surface area (Å²) in [4.78, 5) is 16.3. The van der Waals surface area contributed by atoms with Gasteiger partial charge in [0.15, 0.2) is 0 Å². The van der Waals surface area contributed by atoms with Gasteiger partial charge in [0.2, 0.25) is 0 Å². The fourth-order valence-corrected chi connectivity index (χ4v) is 2.18. The topological polar surface area (TPSA) is 42.0 Å². The van der Waals surface area contributed by atoms with E-state index in [1.807, 2.05) is 24.3 Å². The Morgan fingerprint density at radius 2 is 2.00 bits per heavy atom. The molecule has 0 bridgehead atoms. The number of nitrogens with zero attached hydrogens (tertiary/aromatic N) is 1. The molecule has 0 saturated heterocycles. The number of benzene rings is 1. The van der Waals surface area contributed by atoms with Gasteiger partial charge in [0.1, 0.15) is 0 Å². The summed E-state index contributed by atoms with van der Waals surface area (Å²) in [6.07, 6.45) is 4.40. The normalized spacial score (nSPS) is 10.7. The number of carbonyl (C=O) groups is 1. The minimum Gasteiger partial charge on any atom is -0.352 e. The lowest BCUT2D eigenvalue weighted by molar-refractivity contribution is 0.0951. The third-order valence-corrected chi connectivity index (χ3v) is 3.46. The van der Waals surface area contributed by atoms with Crippen LogP contribution in [0.2, 0.25) is 0 Å². The van der Waals surface area contributed by atoms with E-state index in [-0.39, 0.29) is 5.91 Å². The summed E-state index contributed by atoms with van der Waals surface area (Å²) in [5.74, 6) is 0.528. The van der Waals surface area contributed by atoms with Crippen LogP contribution in [0.15, 0.2) is 42.7 Å². The van der Waals surface area contributed by atoms with Crippen LogP contribution >= 0.6 is 0 Å². The third-order valence-electron chi connectivity index (χ3n) is 3.46. The number of nitrogens with one attached hydrogen (secondary N) is 1. The lowest BCUT2D eigenvalue weighted by atomic mass is 10.0. The molecule has 0 atom stereocenters.